The standard InChI is InChI=1S/C23H15Br2NO3/c24-20-8-1-15(2-9-20)14-29-22-10-3-16(12-21(22)25)11-19(13-26)17-4-6-18(7-5-17)23(27)28/h1-12H,14H2,(H,27,28)/b19-11-. The van der Waals surface area contributed by atoms with Gasteiger partial charge >= 0.3 is 5.97 Å². The molecule has 0 aliphatic heterocycles. The minimum atomic E-state index is -0.998. The fraction of sp³-hybridized carbons (Fsp3) is 0.0435. The Kier molecular flexibility index (Phi) is 6.86. The Balaban J connectivity index is 1.76. The summed E-state index contributed by atoms with van der Waals surface area (Å²) < 4.78 is 7.66. The molecule has 3 aromatic carbocycles. The molecule has 3 aromatic rings. The molecule has 0 aliphatic carbocycles. The van der Waals surface area contributed by atoms with Gasteiger partial charge in [-0.15, -0.1) is 0 Å². The number of benzene rings is 3. The third-order valence-corrected chi connectivity index (χ3v) is 5.29. The molecule has 0 aromatic heterocycles. The van der Waals surface area contributed by atoms with Crippen LogP contribution in [0.5, 0.6) is 5.75 Å². The molecule has 0 saturated carbocycles. The highest BCUT2D eigenvalue weighted by Gasteiger charge is 2.07. The monoisotopic (exact) mass is 511 g/mol. The summed E-state index contributed by atoms with van der Waals surface area (Å²) in [5.41, 5.74) is 3.16. The number of nitriles is 1. The van der Waals surface area contributed by atoms with Crippen molar-refractivity contribution in [1.29, 1.82) is 5.26 Å². The lowest BCUT2D eigenvalue weighted by Crippen LogP contribution is -1.96. The van der Waals surface area contributed by atoms with Gasteiger partial charge in [0, 0.05) is 4.47 Å². The lowest BCUT2D eigenvalue weighted by Gasteiger charge is -2.09. The van der Waals surface area contributed by atoms with E-state index in [1.807, 2.05) is 42.5 Å². The Bertz CT molecular complexity index is 1100. The zero-order chi connectivity index (χ0) is 20.8. The van der Waals surface area contributed by atoms with Crippen molar-refractivity contribution in [3.63, 3.8) is 0 Å². The molecule has 0 saturated heterocycles. The number of carbonyl (C=O) groups is 1. The Morgan fingerprint density at radius 3 is 2.24 bits per heavy atom. The summed E-state index contributed by atoms with van der Waals surface area (Å²) in [6.45, 7) is 0.445. The normalized spacial score (nSPS) is 11.0. The van der Waals surface area contributed by atoms with Crippen LogP contribution in [0.25, 0.3) is 11.6 Å². The average molecular weight is 513 g/mol. The van der Waals surface area contributed by atoms with Crippen LogP contribution < -0.4 is 4.74 Å². The highest BCUT2D eigenvalue weighted by Crippen LogP contribution is 2.29. The first-order valence-corrected chi connectivity index (χ1v) is 10.2. The summed E-state index contributed by atoms with van der Waals surface area (Å²) in [6.07, 6.45) is 1.75. The zero-order valence-electron chi connectivity index (χ0n) is 15.1. The molecular weight excluding hydrogens is 498 g/mol. The van der Waals surface area contributed by atoms with Gasteiger partial charge in [-0.1, -0.05) is 46.3 Å². The van der Waals surface area contributed by atoms with E-state index in [0.717, 1.165) is 20.1 Å². The van der Waals surface area contributed by atoms with Crippen LogP contribution in [0.1, 0.15) is 27.0 Å². The zero-order valence-corrected chi connectivity index (χ0v) is 18.3. The molecule has 6 heteroatoms. The van der Waals surface area contributed by atoms with Crippen LogP contribution >= 0.6 is 31.9 Å². The minimum Gasteiger partial charge on any atom is -0.488 e. The predicted octanol–water partition coefficient (Wildman–Crippen LogP) is 6.55. The molecule has 4 nitrogen and oxygen atoms in total. The van der Waals surface area contributed by atoms with Gasteiger partial charge in [0.1, 0.15) is 12.4 Å². The van der Waals surface area contributed by atoms with Crippen LogP contribution in [0.2, 0.25) is 0 Å². The van der Waals surface area contributed by atoms with Gasteiger partial charge in [-0.25, -0.2) is 4.79 Å². The Hall–Kier alpha value is -2.88. The number of rotatable bonds is 6. The molecule has 0 aliphatic rings. The number of hydrogen-bond acceptors (Lipinski definition) is 3. The molecule has 0 fully saturated rings. The van der Waals surface area contributed by atoms with E-state index in [9.17, 15) is 10.1 Å². The molecule has 0 heterocycles. The number of allylic oxidation sites excluding steroid dienone is 1. The maximum Gasteiger partial charge on any atom is 0.335 e. The number of carboxylic acid groups (broad SMARTS) is 1. The van der Waals surface area contributed by atoms with Crippen molar-refractivity contribution in [2.24, 2.45) is 0 Å². The smallest absolute Gasteiger partial charge is 0.335 e. The van der Waals surface area contributed by atoms with Crippen molar-refractivity contribution < 1.29 is 14.6 Å². The van der Waals surface area contributed by atoms with E-state index in [-0.39, 0.29) is 5.56 Å². The quantitative estimate of drug-likeness (QED) is 0.300. The number of hydrogen-bond donors (Lipinski definition) is 1. The maximum atomic E-state index is 11.0. The highest BCUT2D eigenvalue weighted by atomic mass is 79.9. The summed E-state index contributed by atoms with van der Waals surface area (Å²) in [7, 11) is 0. The van der Waals surface area contributed by atoms with Crippen LogP contribution in [0.3, 0.4) is 0 Å². The van der Waals surface area contributed by atoms with Crippen molar-refractivity contribution >= 4 is 49.5 Å². The first-order valence-electron chi connectivity index (χ1n) is 8.58. The highest BCUT2D eigenvalue weighted by molar-refractivity contribution is 9.10. The van der Waals surface area contributed by atoms with Crippen molar-refractivity contribution in [2.45, 2.75) is 6.61 Å². The lowest BCUT2D eigenvalue weighted by molar-refractivity contribution is 0.0697. The van der Waals surface area contributed by atoms with E-state index >= 15 is 0 Å². The summed E-state index contributed by atoms with van der Waals surface area (Å²) in [4.78, 5) is 11.0. The maximum absolute atomic E-state index is 11.0. The van der Waals surface area contributed by atoms with Crippen LogP contribution in [0.15, 0.2) is 75.7 Å². The van der Waals surface area contributed by atoms with E-state index in [1.54, 1.807) is 18.2 Å². The predicted molar refractivity (Wildman–Crippen MR) is 120 cm³/mol. The van der Waals surface area contributed by atoms with Crippen LogP contribution in [-0.4, -0.2) is 11.1 Å². The number of nitrogens with zero attached hydrogens (tertiary/aromatic N) is 1. The fourth-order valence-electron chi connectivity index (χ4n) is 2.60. The second-order valence-corrected chi connectivity index (χ2v) is 7.93. The molecule has 0 radical (unpaired) electrons. The Labute approximate surface area is 185 Å². The second-order valence-electron chi connectivity index (χ2n) is 6.16. The van der Waals surface area contributed by atoms with Crippen molar-refractivity contribution in [1.82, 2.24) is 0 Å². The Morgan fingerprint density at radius 1 is 1.00 bits per heavy atom. The summed E-state index contributed by atoms with van der Waals surface area (Å²) in [5, 5.41) is 18.5. The van der Waals surface area contributed by atoms with E-state index in [4.69, 9.17) is 9.84 Å². The number of aromatic carboxylic acids is 1. The van der Waals surface area contributed by atoms with Gasteiger partial charge in [-0.05, 0) is 75.1 Å². The first kappa shape index (κ1) is 20.8. The molecule has 0 atom stereocenters. The Morgan fingerprint density at radius 2 is 1.66 bits per heavy atom. The van der Waals surface area contributed by atoms with Crippen LogP contribution in [0, 0.1) is 11.3 Å². The molecule has 3 rings (SSSR count). The third kappa shape index (κ3) is 5.57. The number of carboxylic acids is 1. The van der Waals surface area contributed by atoms with Gasteiger partial charge in [-0.3, -0.25) is 0 Å². The molecule has 1 N–H and O–H groups in total. The molecule has 0 spiro atoms. The fourth-order valence-corrected chi connectivity index (χ4v) is 3.38. The van der Waals surface area contributed by atoms with Gasteiger partial charge in [0.15, 0.2) is 0 Å². The lowest BCUT2D eigenvalue weighted by atomic mass is 10.0. The second kappa shape index (κ2) is 9.55. The van der Waals surface area contributed by atoms with Gasteiger partial charge in [0.25, 0.3) is 0 Å². The molecule has 0 bridgehead atoms. The molecule has 29 heavy (non-hydrogen) atoms. The largest absolute Gasteiger partial charge is 0.488 e. The van der Waals surface area contributed by atoms with E-state index in [0.29, 0.717) is 23.5 Å². The van der Waals surface area contributed by atoms with Gasteiger partial charge in [0.05, 0.1) is 21.7 Å². The minimum absolute atomic E-state index is 0.182. The van der Waals surface area contributed by atoms with E-state index in [2.05, 4.69) is 37.9 Å². The first-order chi connectivity index (χ1) is 14.0. The summed E-state index contributed by atoms with van der Waals surface area (Å²) in [5.74, 6) is -0.295. The van der Waals surface area contributed by atoms with E-state index in [1.165, 1.54) is 12.1 Å². The molecule has 0 amide bonds. The van der Waals surface area contributed by atoms with E-state index < -0.39 is 5.97 Å². The van der Waals surface area contributed by atoms with Crippen molar-refractivity contribution in [2.75, 3.05) is 0 Å². The van der Waals surface area contributed by atoms with Crippen molar-refractivity contribution in [3.05, 3.63) is 97.9 Å². The van der Waals surface area contributed by atoms with Crippen LogP contribution in [0.4, 0.5) is 0 Å². The van der Waals surface area contributed by atoms with Crippen molar-refractivity contribution in [3.8, 4) is 11.8 Å². The SMILES string of the molecule is N#C/C(=C/c1ccc(OCc2ccc(Br)cc2)c(Br)c1)c1ccc(C(=O)O)cc1. The van der Waals surface area contributed by atoms with Gasteiger partial charge in [-0.2, -0.15) is 5.26 Å². The summed E-state index contributed by atoms with van der Waals surface area (Å²) >= 11 is 6.93. The molecular formula is C23H15Br2NO3. The van der Waals surface area contributed by atoms with Gasteiger partial charge < -0.3 is 9.84 Å². The number of halogens is 2. The van der Waals surface area contributed by atoms with Crippen LogP contribution in [-0.2, 0) is 6.61 Å². The molecule has 144 valence electrons. The third-order valence-electron chi connectivity index (χ3n) is 4.14. The number of ether oxygens (including phenoxy) is 1. The summed E-state index contributed by atoms with van der Waals surface area (Å²) in [6, 6.07) is 21.9. The average Bonchev–Trinajstić information content (AvgIpc) is 2.72. The van der Waals surface area contributed by atoms with Gasteiger partial charge in [0.2, 0.25) is 0 Å². The topological polar surface area (TPSA) is 70.3 Å². The molecule has 0 unspecified atom stereocenters.